The van der Waals surface area contributed by atoms with E-state index in [1.54, 1.807) is 0 Å². The van der Waals surface area contributed by atoms with Crippen molar-refractivity contribution in [3.05, 3.63) is 0 Å². The Kier molecular flexibility index (Phi) is 3.59. The fraction of sp³-hybridized carbons (Fsp3) is 0.909. The van der Waals surface area contributed by atoms with E-state index in [9.17, 15) is 0 Å². The summed E-state index contributed by atoms with van der Waals surface area (Å²) in [6, 6.07) is 0.267. The van der Waals surface area contributed by atoms with E-state index in [1.165, 1.54) is 32.5 Å². The first-order chi connectivity index (χ1) is 7.16. The summed E-state index contributed by atoms with van der Waals surface area (Å²) < 4.78 is 0. The molecule has 4 heteroatoms. The van der Waals surface area contributed by atoms with Crippen molar-refractivity contribution in [3.8, 4) is 0 Å². The zero-order valence-corrected chi connectivity index (χ0v) is 10.3. The highest BCUT2D eigenvalue weighted by molar-refractivity contribution is 7.80. The Hall–Kier alpha value is -0.190. The van der Waals surface area contributed by atoms with Crippen molar-refractivity contribution >= 4 is 17.2 Å². The van der Waals surface area contributed by atoms with Gasteiger partial charge in [0.05, 0.1) is 11.0 Å². The number of hydrogen-bond acceptors (Lipinski definition) is 3. The van der Waals surface area contributed by atoms with E-state index in [4.69, 9.17) is 18.0 Å². The van der Waals surface area contributed by atoms with Gasteiger partial charge in [0, 0.05) is 32.7 Å². The molecular formula is C11H21N3S. The van der Waals surface area contributed by atoms with E-state index in [-0.39, 0.29) is 6.04 Å². The molecule has 1 unspecified atom stereocenters. The van der Waals surface area contributed by atoms with Gasteiger partial charge in [0.15, 0.2) is 0 Å². The number of rotatable bonds is 4. The van der Waals surface area contributed by atoms with E-state index in [1.807, 2.05) is 0 Å². The van der Waals surface area contributed by atoms with Crippen LogP contribution in [0.5, 0.6) is 0 Å². The molecule has 0 bridgehead atoms. The predicted molar refractivity (Wildman–Crippen MR) is 67.0 cm³/mol. The summed E-state index contributed by atoms with van der Waals surface area (Å²) in [6.07, 6.45) is 2.90. The van der Waals surface area contributed by atoms with E-state index in [2.05, 4.69) is 16.7 Å². The molecule has 2 rings (SSSR count). The van der Waals surface area contributed by atoms with Gasteiger partial charge in [0.25, 0.3) is 0 Å². The second-order valence-corrected chi connectivity index (χ2v) is 5.33. The summed E-state index contributed by atoms with van der Waals surface area (Å²) >= 11 is 5.03. The lowest BCUT2D eigenvalue weighted by atomic mass is 10.2. The van der Waals surface area contributed by atoms with Crippen LogP contribution in [-0.4, -0.2) is 53.6 Å². The van der Waals surface area contributed by atoms with E-state index < -0.39 is 0 Å². The van der Waals surface area contributed by atoms with Gasteiger partial charge in [-0.15, -0.1) is 0 Å². The maximum Gasteiger partial charge on any atom is 0.0899 e. The Morgan fingerprint density at radius 1 is 1.33 bits per heavy atom. The first-order valence-corrected chi connectivity index (χ1v) is 6.33. The fourth-order valence-electron chi connectivity index (χ4n) is 2.18. The highest BCUT2D eigenvalue weighted by Gasteiger charge is 2.27. The van der Waals surface area contributed by atoms with Gasteiger partial charge in [-0.3, -0.25) is 4.90 Å². The van der Waals surface area contributed by atoms with Crippen LogP contribution < -0.4 is 5.73 Å². The molecule has 2 fully saturated rings. The molecule has 1 atom stereocenters. The minimum Gasteiger partial charge on any atom is -0.392 e. The minimum atomic E-state index is 0.267. The molecule has 86 valence electrons. The van der Waals surface area contributed by atoms with Crippen LogP contribution in [0.15, 0.2) is 0 Å². The molecule has 2 N–H and O–H groups in total. The summed E-state index contributed by atoms with van der Waals surface area (Å²) in [5.74, 6) is 1.00. The summed E-state index contributed by atoms with van der Waals surface area (Å²) in [5, 5.41) is 0. The highest BCUT2D eigenvalue weighted by Crippen LogP contribution is 2.29. The molecule has 1 aliphatic carbocycles. The Morgan fingerprint density at radius 3 is 2.40 bits per heavy atom. The molecule has 1 saturated carbocycles. The van der Waals surface area contributed by atoms with E-state index in [0.717, 1.165) is 19.0 Å². The number of thiocarbonyl (C=S) groups is 1. The summed E-state index contributed by atoms with van der Waals surface area (Å²) in [5.41, 5.74) is 5.67. The van der Waals surface area contributed by atoms with E-state index >= 15 is 0 Å². The predicted octanol–water partition coefficient (Wildman–Crippen LogP) is 0.689. The first-order valence-electron chi connectivity index (χ1n) is 5.92. The van der Waals surface area contributed by atoms with Crippen LogP contribution in [0.25, 0.3) is 0 Å². The number of hydrogen-bond donors (Lipinski definition) is 1. The molecule has 0 aromatic heterocycles. The highest BCUT2D eigenvalue weighted by atomic mass is 32.1. The zero-order valence-electron chi connectivity index (χ0n) is 9.48. The molecule has 0 amide bonds. The maximum absolute atomic E-state index is 5.67. The summed E-state index contributed by atoms with van der Waals surface area (Å²) in [4.78, 5) is 5.61. The van der Waals surface area contributed by atoms with Crippen molar-refractivity contribution in [2.75, 3.05) is 32.7 Å². The van der Waals surface area contributed by atoms with Crippen molar-refractivity contribution in [3.63, 3.8) is 0 Å². The second kappa shape index (κ2) is 4.76. The Morgan fingerprint density at radius 2 is 1.93 bits per heavy atom. The number of nitrogens with zero attached hydrogens (tertiary/aromatic N) is 2. The Balaban J connectivity index is 1.73. The monoisotopic (exact) mass is 227 g/mol. The third-order valence-corrected chi connectivity index (χ3v) is 3.92. The summed E-state index contributed by atoms with van der Waals surface area (Å²) in [6.45, 7) is 8.03. The van der Waals surface area contributed by atoms with Gasteiger partial charge >= 0.3 is 0 Å². The van der Waals surface area contributed by atoms with Gasteiger partial charge < -0.3 is 10.6 Å². The molecule has 0 aromatic carbocycles. The van der Waals surface area contributed by atoms with Crippen LogP contribution in [0.1, 0.15) is 19.8 Å². The lowest BCUT2D eigenvalue weighted by Gasteiger charge is -2.37. The molecule has 15 heavy (non-hydrogen) atoms. The zero-order chi connectivity index (χ0) is 10.8. The quantitative estimate of drug-likeness (QED) is 0.716. The van der Waals surface area contributed by atoms with Crippen molar-refractivity contribution in [1.82, 2.24) is 9.80 Å². The third kappa shape index (κ3) is 3.13. The topological polar surface area (TPSA) is 32.5 Å². The van der Waals surface area contributed by atoms with Crippen LogP contribution in [0.3, 0.4) is 0 Å². The van der Waals surface area contributed by atoms with E-state index in [0.29, 0.717) is 4.99 Å². The van der Waals surface area contributed by atoms with Crippen LogP contribution in [0.4, 0.5) is 0 Å². The standard InChI is InChI=1S/C11H21N3S/c1-9(11(12)15)14-6-4-13(5-7-14)8-10-2-3-10/h9-10H,2-8H2,1H3,(H2,12,15). The second-order valence-electron chi connectivity index (χ2n) is 4.86. The Bertz CT molecular complexity index is 232. The van der Waals surface area contributed by atoms with Crippen LogP contribution in [0.2, 0.25) is 0 Å². The third-order valence-electron chi connectivity index (χ3n) is 3.58. The molecule has 0 radical (unpaired) electrons. The minimum absolute atomic E-state index is 0.267. The van der Waals surface area contributed by atoms with Crippen LogP contribution >= 0.6 is 12.2 Å². The Labute approximate surface area is 97.6 Å². The van der Waals surface area contributed by atoms with Gasteiger partial charge in [-0.25, -0.2) is 0 Å². The van der Waals surface area contributed by atoms with Gasteiger partial charge in [0.2, 0.25) is 0 Å². The smallest absolute Gasteiger partial charge is 0.0899 e. The van der Waals surface area contributed by atoms with Crippen molar-refractivity contribution in [2.24, 2.45) is 11.7 Å². The van der Waals surface area contributed by atoms with Crippen molar-refractivity contribution < 1.29 is 0 Å². The molecule has 1 heterocycles. The SMILES string of the molecule is CC(C(N)=S)N1CCN(CC2CC2)CC1. The molecule has 1 aliphatic heterocycles. The van der Waals surface area contributed by atoms with Gasteiger partial charge in [-0.1, -0.05) is 12.2 Å². The maximum atomic E-state index is 5.67. The molecule has 1 saturated heterocycles. The van der Waals surface area contributed by atoms with Crippen molar-refractivity contribution in [2.45, 2.75) is 25.8 Å². The lowest BCUT2D eigenvalue weighted by Crippen LogP contribution is -2.52. The van der Waals surface area contributed by atoms with Crippen LogP contribution in [0, 0.1) is 5.92 Å². The van der Waals surface area contributed by atoms with Crippen LogP contribution in [-0.2, 0) is 0 Å². The fourth-order valence-corrected chi connectivity index (χ4v) is 2.33. The lowest BCUT2D eigenvalue weighted by molar-refractivity contribution is 0.119. The molecular weight excluding hydrogens is 206 g/mol. The van der Waals surface area contributed by atoms with Gasteiger partial charge in [-0.2, -0.15) is 0 Å². The molecule has 0 spiro atoms. The van der Waals surface area contributed by atoms with Crippen molar-refractivity contribution in [1.29, 1.82) is 0 Å². The van der Waals surface area contributed by atoms with Gasteiger partial charge in [-0.05, 0) is 25.7 Å². The van der Waals surface area contributed by atoms with Gasteiger partial charge in [0.1, 0.15) is 0 Å². The molecule has 3 nitrogen and oxygen atoms in total. The normalized spacial score (nSPS) is 26.5. The largest absolute Gasteiger partial charge is 0.392 e. The first kappa shape index (κ1) is 11.3. The average molecular weight is 227 g/mol. The summed E-state index contributed by atoms with van der Waals surface area (Å²) in [7, 11) is 0. The average Bonchev–Trinajstić information content (AvgIpc) is 3.02. The number of nitrogens with two attached hydrogens (primary N) is 1. The molecule has 2 aliphatic rings. The number of piperazine rings is 1. The molecule has 0 aromatic rings.